The zero-order valence-electron chi connectivity index (χ0n) is 51.7. The Balaban J connectivity index is 1.17. The molecular weight excluding hydrogens is 1100 g/mol. The van der Waals surface area contributed by atoms with E-state index in [2.05, 4.69) is 101 Å². The number of aliphatic hydroxyl groups is 1. The Morgan fingerprint density at radius 3 is 0.557 bits per heavy atom. The molecule has 7 aromatic rings. The second kappa shape index (κ2) is 33.9. The van der Waals surface area contributed by atoms with E-state index in [1.54, 1.807) is 40.6 Å². The monoisotopic (exact) mass is 1180 g/mol. The fourth-order valence-corrected chi connectivity index (χ4v) is 10.8. The first-order valence-corrected chi connectivity index (χ1v) is 29.4. The third-order valence-electron chi connectivity index (χ3n) is 14.4. The minimum atomic E-state index is -0.248. The highest BCUT2D eigenvalue weighted by molar-refractivity contribution is 5.51. The van der Waals surface area contributed by atoms with Crippen molar-refractivity contribution in [2.75, 3.05) is 28.4 Å². The Morgan fingerprint density at radius 1 is 0.250 bits per heavy atom. The molecule has 0 aromatic heterocycles. The molecule has 0 heterocycles. The van der Waals surface area contributed by atoms with Gasteiger partial charge in [-0.25, -0.2) is 0 Å². The molecule has 0 bridgehead atoms. The Hall–Kier alpha value is -9.58. The van der Waals surface area contributed by atoms with Crippen molar-refractivity contribution in [3.8, 4) is 57.5 Å². The smallest absolute Gasteiger partial charge is 0.125 e. The summed E-state index contributed by atoms with van der Waals surface area (Å²) in [5.41, 5.74) is 14.1. The standard InChI is InChI=1S/C77H84O11/c1-13-21-60-29-54(30-61(22-14-2)74(60)79-9)47-83-70-39-58(40-71(44-70)84-48-55-31-62(23-15-3)75(80-10)63(32-55)24-16-4)51-87-68-37-53(46-78)38-69(43-68)88-52-59-41-72(85-49-56-33-64(25-17-5)76(81-11)65(34-56)26-18-6)45-73(42-59)86-50-57-35-66(27-19-7)77(82-12)67(36-57)28-20-8/h13-20,29-45,78H,1-8,21-28,46-52H2,9-12H3. The van der Waals surface area contributed by atoms with Crippen molar-refractivity contribution in [1.82, 2.24) is 0 Å². The summed E-state index contributed by atoms with van der Waals surface area (Å²) in [6.45, 7) is 32.9. The zero-order chi connectivity index (χ0) is 62.8. The van der Waals surface area contributed by atoms with Crippen LogP contribution in [0.3, 0.4) is 0 Å². The molecular formula is C77H84O11. The molecule has 88 heavy (non-hydrogen) atoms. The third-order valence-corrected chi connectivity index (χ3v) is 14.4. The Labute approximate surface area is 521 Å². The van der Waals surface area contributed by atoms with Crippen molar-refractivity contribution < 1.29 is 52.5 Å². The number of hydrogen-bond acceptors (Lipinski definition) is 11. The largest absolute Gasteiger partial charge is 0.496 e. The van der Waals surface area contributed by atoms with Crippen LogP contribution in [-0.4, -0.2) is 33.5 Å². The van der Waals surface area contributed by atoms with Crippen LogP contribution in [0.15, 0.2) is 204 Å². The quantitative estimate of drug-likeness (QED) is 0.0372. The second-order valence-electron chi connectivity index (χ2n) is 21.1. The molecule has 0 atom stereocenters. The maximum atomic E-state index is 10.6. The van der Waals surface area contributed by atoms with E-state index in [0.29, 0.717) is 91.4 Å². The minimum absolute atomic E-state index is 0.129. The van der Waals surface area contributed by atoms with E-state index in [1.165, 1.54) is 0 Å². The lowest BCUT2D eigenvalue weighted by Gasteiger charge is -2.18. The van der Waals surface area contributed by atoms with Gasteiger partial charge in [-0.2, -0.15) is 0 Å². The van der Waals surface area contributed by atoms with E-state index < -0.39 is 0 Å². The number of allylic oxidation sites excluding steroid dienone is 8. The molecule has 0 fully saturated rings. The van der Waals surface area contributed by atoms with Gasteiger partial charge in [0.15, 0.2) is 0 Å². The molecule has 0 unspecified atom stereocenters. The Bertz CT molecular complexity index is 3040. The zero-order valence-corrected chi connectivity index (χ0v) is 51.7. The molecule has 7 rings (SSSR count). The van der Waals surface area contributed by atoms with E-state index in [-0.39, 0.29) is 46.2 Å². The lowest BCUT2D eigenvalue weighted by molar-refractivity contribution is 0.267. The summed E-state index contributed by atoms with van der Waals surface area (Å²) < 4.78 is 62.8. The minimum Gasteiger partial charge on any atom is -0.496 e. The highest BCUT2D eigenvalue weighted by atomic mass is 16.5. The number of aliphatic hydroxyl groups excluding tert-OH is 1. The molecule has 7 aromatic carbocycles. The summed E-state index contributed by atoms with van der Waals surface area (Å²) in [6.07, 6.45) is 19.9. The second-order valence-corrected chi connectivity index (χ2v) is 21.1. The summed E-state index contributed by atoms with van der Waals surface area (Å²) in [5.74, 6) is 6.56. The number of rotatable bonds is 39. The third kappa shape index (κ3) is 18.2. The van der Waals surface area contributed by atoms with Crippen LogP contribution in [-0.2, 0) is 97.6 Å². The van der Waals surface area contributed by atoms with E-state index in [4.69, 9.17) is 47.4 Å². The molecule has 0 aliphatic rings. The first-order chi connectivity index (χ1) is 42.9. The van der Waals surface area contributed by atoms with Crippen molar-refractivity contribution in [3.05, 3.63) is 288 Å². The van der Waals surface area contributed by atoms with Gasteiger partial charge in [-0.1, -0.05) is 48.6 Å². The van der Waals surface area contributed by atoms with Gasteiger partial charge in [0, 0.05) is 18.2 Å². The fourth-order valence-electron chi connectivity index (χ4n) is 10.8. The van der Waals surface area contributed by atoms with Crippen LogP contribution >= 0.6 is 0 Å². The number of methoxy groups -OCH3 is 4. The SMILES string of the molecule is C=CCc1cc(COc2cc(COc3cc(CO)cc(OCc4cc(OCc5cc(CC=C)c(OC)c(CC=C)c5)cc(OCc5cc(CC=C)c(OC)c(CC=C)c5)c4)c3)cc(OCc3cc(CC=C)c(OC)c(CC=C)c3)c2)cc(CC=C)c1OC. The summed E-state index contributed by atoms with van der Waals surface area (Å²) >= 11 is 0. The van der Waals surface area contributed by atoms with Crippen LogP contribution in [0.2, 0.25) is 0 Å². The van der Waals surface area contributed by atoms with E-state index in [9.17, 15) is 5.11 Å². The van der Waals surface area contributed by atoms with Gasteiger partial charge < -0.3 is 52.5 Å². The van der Waals surface area contributed by atoms with Gasteiger partial charge in [-0.3, -0.25) is 0 Å². The van der Waals surface area contributed by atoms with Crippen molar-refractivity contribution in [2.45, 2.75) is 97.6 Å². The molecule has 0 saturated heterocycles. The van der Waals surface area contributed by atoms with Crippen molar-refractivity contribution in [2.24, 2.45) is 0 Å². The molecule has 1 N–H and O–H groups in total. The highest BCUT2D eigenvalue weighted by Crippen LogP contribution is 2.36. The predicted molar refractivity (Wildman–Crippen MR) is 354 cm³/mol. The summed E-state index contributed by atoms with van der Waals surface area (Å²) in [4.78, 5) is 0. The van der Waals surface area contributed by atoms with Gasteiger partial charge in [0.25, 0.3) is 0 Å². The fraction of sp³-hybridized carbons (Fsp3) is 0.247. The molecule has 0 radical (unpaired) electrons. The first kappa shape index (κ1) is 66.0. The van der Waals surface area contributed by atoms with Crippen LogP contribution in [0.5, 0.6) is 57.5 Å². The summed E-state index contributed by atoms with van der Waals surface area (Å²) in [5, 5.41) is 10.6. The van der Waals surface area contributed by atoms with Gasteiger partial charge in [0.05, 0.1) is 35.0 Å². The highest BCUT2D eigenvalue weighted by Gasteiger charge is 2.18. The normalized spacial score (nSPS) is 10.7. The van der Waals surface area contributed by atoms with Gasteiger partial charge in [0.2, 0.25) is 0 Å². The van der Waals surface area contributed by atoms with Gasteiger partial charge in [0.1, 0.15) is 97.1 Å². The molecule has 11 heteroatoms. The van der Waals surface area contributed by atoms with Gasteiger partial charge in [-0.05, 0) is 220 Å². The molecule has 11 nitrogen and oxygen atoms in total. The van der Waals surface area contributed by atoms with Crippen LogP contribution < -0.4 is 47.4 Å². The topological polar surface area (TPSA) is 113 Å². The first-order valence-electron chi connectivity index (χ1n) is 29.4. The molecule has 0 amide bonds. The van der Waals surface area contributed by atoms with E-state index >= 15 is 0 Å². The molecule has 0 aliphatic heterocycles. The van der Waals surface area contributed by atoms with Crippen molar-refractivity contribution in [3.63, 3.8) is 0 Å². The van der Waals surface area contributed by atoms with Crippen LogP contribution in [0, 0.1) is 0 Å². The van der Waals surface area contributed by atoms with Gasteiger partial charge >= 0.3 is 0 Å². The Kier molecular flexibility index (Phi) is 25.4. The Morgan fingerprint density at radius 2 is 0.409 bits per heavy atom. The van der Waals surface area contributed by atoms with Crippen LogP contribution in [0.25, 0.3) is 0 Å². The van der Waals surface area contributed by atoms with Crippen molar-refractivity contribution >= 4 is 0 Å². The van der Waals surface area contributed by atoms with Crippen LogP contribution in [0.1, 0.15) is 83.5 Å². The van der Waals surface area contributed by atoms with E-state index in [0.717, 1.165) is 101 Å². The number of ether oxygens (including phenoxy) is 10. The van der Waals surface area contributed by atoms with Crippen molar-refractivity contribution in [1.29, 1.82) is 0 Å². The summed E-state index contributed by atoms with van der Waals surface area (Å²) in [6, 6.07) is 33.6. The number of hydrogen-bond donors (Lipinski definition) is 1. The number of benzene rings is 7. The molecule has 458 valence electrons. The van der Waals surface area contributed by atoms with Crippen LogP contribution in [0.4, 0.5) is 0 Å². The lowest BCUT2D eigenvalue weighted by atomic mass is 9.99. The molecule has 0 aliphatic carbocycles. The molecule has 0 spiro atoms. The average Bonchev–Trinajstić information content (AvgIpc) is 2.58. The predicted octanol–water partition coefficient (Wildman–Crippen LogP) is 16.5. The van der Waals surface area contributed by atoms with E-state index in [1.807, 2.05) is 91.1 Å². The average molecular weight is 1190 g/mol. The molecule has 0 saturated carbocycles. The maximum Gasteiger partial charge on any atom is 0.125 e. The lowest BCUT2D eigenvalue weighted by Crippen LogP contribution is -2.05. The summed E-state index contributed by atoms with van der Waals surface area (Å²) in [7, 11) is 6.72. The maximum absolute atomic E-state index is 10.6. The van der Waals surface area contributed by atoms with Gasteiger partial charge in [-0.15, -0.1) is 52.6 Å².